The van der Waals surface area contributed by atoms with Crippen molar-refractivity contribution in [2.75, 3.05) is 0 Å². The predicted molar refractivity (Wildman–Crippen MR) is 238 cm³/mol. The first-order valence-electron chi connectivity index (χ1n) is 19.6. The molecule has 0 aliphatic heterocycles. The van der Waals surface area contributed by atoms with Crippen LogP contribution >= 0.6 is 0 Å². The smallest absolute Gasteiger partial charge is 0.143 e. The van der Waals surface area contributed by atoms with Crippen molar-refractivity contribution in [1.82, 2.24) is 0 Å². The van der Waals surface area contributed by atoms with E-state index in [0.717, 1.165) is 27.3 Å². The van der Waals surface area contributed by atoms with Gasteiger partial charge >= 0.3 is 0 Å². The van der Waals surface area contributed by atoms with Crippen LogP contribution in [0.5, 0.6) is 0 Å². The Labute approximate surface area is 325 Å². The van der Waals surface area contributed by atoms with Crippen LogP contribution in [0.4, 0.5) is 0 Å². The van der Waals surface area contributed by atoms with Crippen LogP contribution in [-0.2, 0) is 5.41 Å². The highest BCUT2D eigenvalue weighted by Crippen LogP contribution is 2.53. The molecule has 0 unspecified atom stereocenters. The molecule has 1 aliphatic carbocycles. The van der Waals surface area contributed by atoms with Crippen molar-refractivity contribution >= 4 is 65.0 Å². The first-order valence-corrected chi connectivity index (χ1v) is 19.6. The second kappa shape index (κ2) is 11.5. The van der Waals surface area contributed by atoms with Gasteiger partial charge in [-0.15, -0.1) is 0 Å². The maximum absolute atomic E-state index is 7.01. The lowest BCUT2D eigenvalue weighted by Crippen LogP contribution is -2.14. The zero-order valence-electron chi connectivity index (χ0n) is 31.2. The molecule has 0 N–H and O–H groups in total. The summed E-state index contributed by atoms with van der Waals surface area (Å²) < 4.78 is 7.01. The van der Waals surface area contributed by atoms with Crippen molar-refractivity contribution in [2.24, 2.45) is 0 Å². The fourth-order valence-electron chi connectivity index (χ4n) is 10.0. The van der Waals surface area contributed by atoms with Crippen molar-refractivity contribution in [3.8, 4) is 44.5 Å². The van der Waals surface area contributed by atoms with Crippen LogP contribution in [0.15, 0.2) is 186 Å². The molecule has 0 radical (unpaired) electrons. The summed E-state index contributed by atoms with van der Waals surface area (Å²) in [5.41, 5.74) is 14.4. The van der Waals surface area contributed by atoms with E-state index in [0.29, 0.717) is 0 Å². The Morgan fingerprint density at radius 3 is 1.62 bits per heavy atom. The van der Waals surface area contributed by atoms with Gasteiger partial charge in [-0.25, -0.2) is 0 Å². The van der Waals surface area contributed by atoms with Gasteiger partial charge in [-0.2, -0.15) is 0 Å². The Morgan fingerprint density at radius 1 is 0.321 bits per heavy atom. The molecule has 1 heteroatoms. The third-order valence-corrected chi connectivity index (χ3v) is 12.6. The van der Waals surface area contributed by atoms with E-state index in [2.05, 4.69) is 196 Å². The summed E-state index contributed by atoms with van der Waals surface area (Å²) in [5, 5.41) is 12.2. The molecule has 0 saturated carbocycles. The summed E-state index contributed by atoms with van der Waals surface area (Å²) in [7, 11) is 0. The number of fused-ring (bicyclic) bond motifs is 12. The third-order valence-electron chi connectivity index (χ3n) is 12.6. The fraction of sp³-hybridized carbons (Fsp3) is 0.0545. The molecule has 12 rings (SSSR count). The number of benzene rings is 10. The van der Waals surface area contributed by atoms with Crippen LogP contribution in [-0.4, -0.2) is 0 Å². The zero-order chi connectivity index (χ0) is 37.1. The molecule has 56 heavy (non-hydrogen) atoms. The quantitative estimate of drug-likeness (QED) is 0.166. The summed E-state index contributed by atoms with van der Waals surface area (Å²) in [4.78, 5) is 0. The van der Waals surface area contributed by atoms with Crippen molar-refractivity contribution in [1.29, 1.82) is 0 Å². The number of furan rings is 1. The largest absolute Gasteiger partial charge is 0.455 e. The maximum atomic E-state index is 7.01. The summed E-state index contributed by atoms with van der Waals surface area (Å²) in [6, 6.07) is 67.1. The summed E-state index contributed by atoms with van der Waals surface area (Å²) >= 11 is 0. The van der Waals surface area contributed by atoms with Crippen LogP contribution in [0, 0.1) is 0 Å². The second-order valence-corrected chi connectivity index (χ2v) is 16.0. The van der Waals surface area contributed by atoms with Crippen molar-refractivity contribution in [3.63, 3.8) is 0 Å². The van der Waals surface area contributed by atoms with E-state index in [-0.39, 0.29) is 5.41 Å². The summed E-state index contributed by atoms with van der Waals surface area (Å²) in [5.74, 6) is 0. The van der Waals surface area contributed by atoms with E-state index in [1.165, 1.54) is 93.3 Å². The Bertz CT molecular complexity index is 3390. The van der Waals surface area contributed by atoms with Gasteiger partial charge in [-0.3, -0.25) is 0 Å². The second-order valence-electron chi connectivity index (χ2n) is 16.0. The van der Waals surface area contributed by atoms with Crippen molar-refractivity contribution in [2.45, 2.75) is 19.3 Å². The number of hydrogen-bond donors (Lipinski definition) is 0. The van der Waals surface area contributed by atoms with E-state index in [4.69, 9.17) is 4.42 Å². The summed E-state index contributed by atoms with van der Waals surface area (Å²) in [6.45, 7) is 4.66. The van der Waals surface area contributed by atoms with Crippen molar-refractivity contribution < 1.29 is 4.42 Å². The number of rotatable bonds is 3. The van der Waals surface area contributed by atoms with Gasteiger partial charge in [0.2, 0.25) is 0 Å². The van der Waals surface area contributed by atoms with Gasteiger partial charge in [-0.05, 0) is 106 Å². The SMILES string of the molecule is CC1(C)c2ccccc2-c2c1ccc1c2oc2c3ccccc3c(-c3cccc(-c4c5ccccc5c(-c5ccc6ccccc6c5)c5ccccc45)c3)cc12. The molecule has 11 aromatic rings. The topological polar surface area (TPSA) is 13.1 Å². The Kier molecular flexibility index (Phi) is 6.46. The highest BCUT2D eigenvalue weighted by molar-refractivity contribution is 6.23. The van der Waals surface area contributed by atoms with Gasteiger partial charge in [-0.1, -0.05) is 178 Å². The molecule has 0 bridgehead atoms. The Morgan fingerprint density at radius 2 is 0.893 bits per heavy atom. The maximum Gasteiger partial charge on any atom is 0.143 e. The predicted octanol–water partition coefficient (Wildman–Crippen LogP) is 15.5. The number of hydrogen-bond acceptors (Lipinski definition) is 1. The molecule has 0 atom stereocenters. The van der Waals surface area contributed by atoms with E-state index >= 15 is 0 Å². The standard InChI is InChI=1S/C55H36O/c1-55(2)48-25-12-11-24-45(48)52-49(55)29-28-44-47-32-46(38-18-5-10-23-43(38)53(47)56-54(44)52)35-16-13-17-36(31-35)50-39-19-6-8-21-41(39)51(42-22-9-7-20-40(42)50)37-27-26-33-14-3-4-15-34(33)30-37/h3-32H,1-2H3. The molecule has 1 aromatic heterocycles. The molecule has 1 nitrogen and oxygen atoms in total. The molecule has 10 aromatic carbocycles. The highest BCUT2D eigenvalue weighted by Gasteiger charge is 2.37. The summed E-state index contributed by atoms with van der Waals surface area (Å²) in [6.07, 6.45) is 0. The van der Waals surface area contributed by atoms with Crippen molar-refractivity contribution in [3.05, 3.63) is 193 Å². The fourth-order valence-corrected chi connectivity index (χ4v) is 10.0. The molecule has 0 saturated heterocycles. The normalized spacial score (nSPS) is 13.3. The van der Waals surface area contributed by atoms with Crippen LogP contribution in [0.2, 0.25) is 0 Å². The minimum absolute atomic E-state index is 0.0885. The lowest BCUT2D eigenvalue weighted by Gasteiger charge is -2.21. The molecule has 1 heterocycles. The van der Waals surface area contributed by atoms with Crippen LogP contribution < -0.4 is 0 Å². The average molecular weight is 713 g/mol. The van der Waals surface area contributed by atoms with Crippen LogP contribution in [0.1, 0.15) is 25.0 Å². The Hall–Kier alpha value is -6.96. The lowest BCUT2D eigenvalue weighted by molar-refractivity contribution is 0.654. The minimum atomic E-state index is -0.0885. The molecular formula is C55H36O. The van der Waals surface area contributed by atoms with E-state index in [1.54, 1.807) is 0 Å². The average Bonchev–Trinajstić information content (AvgIpc) is 3.74. The van der Waals surface area contributed by atoms with Gasteiger partial charge in [0.25, 0.3) is 0 Å². The molecule has 0 spiro atoms. The third kappa shape index (κ3) is 4.31. The lowest BCUT2D eigenvalue weighted by atomic mass is 9.82. The zero-order valence-corrected chi connectivity index (χ0v) is 31.2. The first-order chi connectivity index (χ1) is 27.5. The van der Waals surface area contributed by atoms with E-state index < -0.39 is 0 Å². The van der Waals surface area contributed by atoms with Gasteiger partial charge in [0.1, 0.15) is 11.2 Å². The first kappa shape index (κ1) is 31.4. The molecule has 0 fully saturated rings. The minimum Gasteiger partial charge on any atom is -0.455 e. The Balaban J connectivity index is 1.10. The molecule has 1 aliphatic rings. The highest BCUT2D eigenvalue weighted by atomic mass is 16.3. The van der Waals surface area contributed by atoms with Gasteiger partial charge in [0, 0.05) is 27.1 Å². The van der Waals surface area contributed by atoms with E-state index in [1.807, 2.05) is 0 Å². The van der Waals surface area contributed by atoms with Crippen LogP contribution in [0.3, 0.4) is 0 Å². The molecular weight excluding hydrogens is 677 g/mol. The van der Waals surface area contributed by atoms with Crippen LogP contribution in [0.25, 0.3) is 110 Å². The van der Waals surface area contributed by atoms with Gasteiger partial charge in [0.05, 0.1) is 0 Å². The molecule has 0 amide bonds. The van der Waals surface area contributed by atoms with Gasteiger partial charge in [0.15, 0.2) is 0 Å². The van der Waals surface area contributed by atoms with E-state index in [9.17, 15) is 0 Å². The molecule has 262 valence electrons. The monoisotopic (exact) mass is 712 g/mol. The van der Waals surface area contributed by atoms with Gasteiger partial charge < -0.3 is 4.42 Å².